The van der Waals surface area contributed by atoms with Gasteiger partial charge in [-0.3, -0.25) is 9.59 Å². The van der Waals surface area contributed by atoms with Crippen LogP contribution in [0.3, 0.4) is 0 Å². The number of amides is 2. The van der Waals surface area contributed by atoms with Crippen LogP contribution in [0.15, 0.2) is 42.5 Å². The number of hydrogen-bond acceptors (Lipinski definition) is 2. The number of benzene rings is 2. The van der Waals surface area contributed by atoms with Gasteiger partial charge in [0.05, 0.1) is 10.6 Å². The van der Waals surface area contributed by atoms with Crippen molar-refractivity contribution in [1.82, 2.24) is 10.2 Å². The van der Waals surface area contributed by atoms with E-state index >= 15 is 0 Å². The standard InChI is InChI=1S/C18H17Cl2FN2O2/c1-12(24)23(11-13-5-2-3-6-14(13)19)10-9-22-18(25)17-15(20)7-4-8-16(17)21/h2-8H,9-11H2,1H3,(H,22,25). The molecule has 0 bridgehead atoms. The molecule has 4 nitrogen and oxygen atoms in total. The highest BCUT2D eigenvalue weighted by Crippen LogP contribution is 2.19. The van der Waals surface area contributed by atoms with Gasteiger partial charge in [-0.25, -0.2) is 4.39 Å². The topological polar surface area (TPSA) is 49.4 Å². The summed E-state index contributed by atoms with van der Waals surface area (Å²) in [6.07, 6.45) is 0. The smallest absolute Gasteiger partial charge is 0.255 e. The second kappa shape index (κ2) is 8.83. The maximum absolute atomic E-state index is 13.7. The summed E-state index contributed by atoms with van der Waals surface area (Å²) in [5, 5.41) is 3.18. The number of halogens is 3. The SMILES string of the molecule is CC(=O)N(CCNC(=O)c1c(F)cccc1Cl)Cc1ccccc1Cl. The molecule has 2 aromatic carbocycles. The second-order valence-electron chi connectivity index (χ2n) is 5.38. The Morgan fingerprint density at radius 2 is 1.76 bits per heavy atom. The fourth-order valence-electron chi connectivity index (χ4n) is 2.29. The summed E-state index contributed by atoms with van der Waals surface area (Å²) in [6.45, 7) is 2.18. The first kappa shape index (κ1) is 19.2. The van der Waals surface area contributed by atoms with Crippen LogP contribution in [-0.4, -0.2) is 29.8 Å². The number of rotatable bonds is 6. The van der Waals surface area contributed by atoms with E-state index in [0.717, 1.165) is 5.56 Å². The summed E-state index contributed by atoms with van der Waals surface area (Å²) in [4.78, 5) is 25.4. The maximum atomic E-state index is 13.7. The third-order valence-electron chi connectivity index (χ3n) is 3.62. The van der Waals surface area contributed by atoms with Gasteiger partial charge in [-0.1, -0.05) is 47.5 Å². The molecule has 0 spiro atoms. The van der Waals surface area contributed by atoms with Crippen LogP contribution in [0, 0.1) is 5.82 Å². The molecule has 2 rings (SSSR count). The molecule has 25 heavy (non-hydrogen) atoms. The van der Waals surface area contributed by atoms with Gasteiger partial charge in [0.1, 0.15) is 5.82 Å². The Hall–Kier alpha value is -2.11. The summed E-state index contributed by atoms with van der Waals surface area (Å²) in [5.74, 6) is -1.47. The molecule has 0 aliphatic rings. The highest BCUT2D eigenvalue weighted by Gasteiger charge is 2.16. The predicted octanol–water partition coefficient (Wildman–Crippen LogP) is 3.91. The van der Waals surface area contributed by atoms with E-state index in [1.54, 1.807) is 11.0 Å². The van der Waals surface area contributed by atoms with E-state index in [0.29, 0.717) is 11.6 Å². The number of nitrogens with one attached hydrogen (secondary N) is 1. The van der Waals surface area contributed by atoms with Gasteiger partial charge in [0.2, 0.25) is 5.91 Å². The molecule has 0 atom stereocenters. The van der Waals surface area contributed by atoms with E-state index in [9.17, 15) is 14.0 Å². The van der Waals surface area contributed by atoms with Gasteiger partial charge in [-0.05, 0) is 23.8 Å². The van der Waals surface area contributed by atoms with Gasteiger partial charge in [-0.15, -0.1) is 0 Å². The lowest BCUT2D eigenvalue weighted by atomic mass is 10.2. The van der Waals surface area contributed by atoms with E-state index in [4.69, 9.17) is 23.2 Å². The van der Waals surface area contributed by atoms with Gasteiger partial charge in [0.15, 0.2) is 0 Å². The molecule has 0 fully saturated rings. The third-order valence-corrected chi connectivity index (χ3v) is 4.31. The molecule has 7 heteroatoms. The van der Waals surface area contributed by atoms with Crippen LogP contribution in [0.25, 0.3) is 0 Å². The predicted molar refractivity (Wildman–Crippen MR) is 96.3 cm³/mol. The van der Waals surface area contributed by atoms with Crippen LogP contribution in [0.2, 0.25) is 10.0 Å². The Balaban J connectivity index is 1.97. The minimum Gasteiger partial charge on any atom is -0.350 e. The molecule has 1 N–H and O–H groups in total. The first-order valence-corrected chi connectivity index (χ1v) is 8.37. The van der Waals surface area contributed by atoms with Crippen molar-refractivity contribution in [3.63, 3.8) is 0 Å². The first-order valence-electron chi connectivity index (χ1n) is 7.61. The average molecular weight is 383 g/mol. The zero-order valence-corrected chi connectivity index (χ0v) is 15.1. The molecule has 0 unspecified atom stereocenters. The summed E-state index contributed by atoms with van der Waals surface area (Å²) in [5.41, 5.74) is 0.604. The van der Waals surface area contributed by atoms with E-state index in [1.807, 2.05) is 18.2 Å². The molecule has 0 aromatic heterocycles. The van der Waals surface area contributed by atoms with E-state index in [-0.39, 0.29) is 29.6 Å². The van der Waals surface area contributed by atoms with Crippen molar-refractivity contribution in [2.24, 2.45) is 0 Å². The van der Waals surface area contributed by atoms with Crippen molar-refractivity contribution in [3.8, 4) is 0 Å². The Morgan fingerprint density at radius 1 is 1.08 bits per heavy atom. The number of hydrogen-bond donors (Lipinski definition) is 1. The molecule has 0 saturated carbocycles. The maximum Gasteiger partial charge on any atom is 0.255 e. The number of carbonyl (C=O) groups is 2. The fraction of sp³-hybridized carbons (Fsp3) is 0.222. The molecule has 0 heterocycles. The molecular weight excluding hydrogens is 366 g/mol. The fourth-order valence-corrected chi connectivity index (χ4v) is 2.73. The highest BCUT2D eigenvalue weighted by molar-refractivity contribution is 6.33. The van der Waals surface area contributed by atoms with Crippen LogP contribution in [0.1, 0.15) is 22.8 Å². The quantitative estimate of drug-likeness (QED) is 0.822. The van der Waals surface area contributed by atoms with Gasteiger partial charge in [-0.2, -0.15) is 0 Å². The van der Waals surface area contributed by atoms with Gasteiger partial charge in [0.25, 0.3) is 5.91 Å². The van der Waals surface area contributed by atoms with Crippen LogP contribution in [0.4, 0.5) is 4.39 Å². The Kier molecular flexibility index (Phi) is 6.79. The molecule has 2 aromatic rings. The largest absolute Gasteiger partial charge is 0.350 e. The number of nitrogens with zero attached hydrogens (tertiary/aromatic N) is 1. The zero-order valence-electron chi connectivity index (χ0n) is 13.6. The average Bonchev–Trinajstić information content (AvgIpc) is 2.55. The molecule has 132 valence electrons. The Bertz CT molecular complexity index is 763. The summed E-state index contributed by atoms with van der Waals surface area (Å²) in [7, 11) is 0. The summed E-state index contributed by atoms with van der Waals surface area (Å²) < 4.78 is 13.7. The minimum atomic E-state index is -0.690. The van der Waals surface area contributed by atoms with Crippen molar-refractivity contribution >= 4 is 35.0 Å². The Morgan fingerprint density at radius 3 is 2.40 bits per heavy atom. The molecular formula is C18H17Cl2FN2O2. The molecule has 0 saturated heterocycles. The zero-order chi connectivity index (χ0) is 18.4. The molecule has 0 radical (unpaired) electrons. The minimum absolute atomic E-state index is 0.0389. The highest BCUT2D eigenvalue weighted by atomic mass is 35.5. The monoisotopic (exact) mass is 382 g/mol. The van der Waals surface area contributed by atoms with Crippen LogP contribution in [0.5, 0.6) is 0 Å². The summed E-state index contributed by atoms with van der Waals surface area (Å²) in [6, 6.07) is 11.3. The first-order chi connectivity index (χ1) is 11.9. The summed E-state index contributed by atoms with van der Waals surface area (Å²) >= 11 is 12.0. The van der Waals surface area contributed by atoms with Crippen molar-refractivity contribution < 1.29 is 14.0 Å². The van der Waals surface area contributed by atoms with Crippen LogP contribution in [-0.2, 0) is 11.3 Å². The van der Waals surface area contributed by atoms with Gasteiger partial charge < -0.3 is 10.2 Å². The lowest BCUT2D eigenvalue weighted by Crippen LogP contribution is -2.37. The normalized spacial score (nSPS) is 10.4. The van der Waals surface area contributed by atoms with Crippen molar-refractivity contribution in [2.75, 3.05) is 13.1 Å². The van der Waals surface area contributed by atoms with Crippen LogP contribution >= 0.6 is 23.2 Å². The van der Waals surface area contributed by atoms with Crippen molar-refractivity contribution in [3.05, 3.63) is 69.5 Å². The second-order valence-corrected chi connectivity index (χ2v) is 6.20. The molecule has 2 amide bonds. The van der Waals surface area contributed by atoms with E-state index in [1.165, 1.54) is 25.1 Å². The van der Waals surface area contributed by atoms with Crippen molar-refractivity contribution in [1.29, 1.82) is 0 Å². The van der Waals surface area contributed by atoms with E-state index < -0.39 is 11.7 Å². The lowest BCUT2D eigenvalue weighted by Gasteiger charge is -2.22. The van der Waals surface area contributed by atoms with Crippen molar-refractivity contribution in [2.45, 2.75) is 13.5 Å². The third kappa shape index (κ3) is 5.18. The van der Waals surface area contributed by atoms with Gasteiger partial charge in [0, 0.05) is 31.6 Å². The number of carbonyl (C=O) groups excluding carboxylic acids is 2. The van der Waals surface area contributed by atoms with Crippen LogP contribution < -0.4 is 5.32 Å². The van der Waals surface area contributed by atoms with Gasteiger partial charge >= 0.3 is 0 Å². The lowest BCUT2D eigenvalue weighted by molar-refractivity contribution is -0.129. The Labute approximate surface area is 155 Å². The van der Waals surface area contributed by atoms with E-state index in [2.05, 4.69) is 5.32 Å². The molecule has 0 aliphatic carbocycles. The molecule has 0 aliphatic heterocycles.